The van der Waals surface area contributed by atoms with E-state index in [1.54, 1.807) is 0 Å². The van der Waals surface area contributed by atoms with E-state index in [-0.39, 0.29) is 0 Å². The highest BCUT2D eigenvalue weighted by Gasteiger charge is 2.07. The molecule has 0 amide bonds. The van der Waals surface area contributed by atoms with Gasteiger partial charge in [-0.15, -0.1) is 0 Å². The Morgan fingerprint density at radius 2 is 2.07 bits per heavy atom. The molecule has 1 rings (SSSR count). The molecule has 1 aliphatic rings. The largest absolute Gasteiger partial charge is 0.315 e. The average Bonchev–Trinajstić information content (AvgIpc) is 2.45. The molecule has 0 unspecified atom stereocenters. The Kier molecular flexibility index (Phi) is 7.49. The topological polar surface area (TPSA) is 15.3 Å². The summed E-state index contributed by atoms with van der Waals surface area (Å²) in [5.41, 5.74) is 0. The molecule has 1 heterocycles. The van der Waals surface area contributed by atoms with Gasteiger partial charge in [0.05, 0.1) is 0 Å². The summed E-state index contributed by atoms with van der Waals surface area (Å²) in [4.78, 5) is 2.63. The second-order valence-corrected chi connectivity index (χ2v) is 5.85. The maximum absolute atomic E-state index is 3.47. The number of hydrogen-bond acceptors (Lipinski definition) is 3. The van der Waals surface area contributed by atoms with Crippen LogP contribution in [0.4, 0.5) is 0 Å². The van der Waals surface area contributed by atoms with Crippen LogP contribution >= 0.6 is 11.8 Å². The van der Waals surface area contributed by atoms with E-state index in [2.05, 4.69) is 35.8 Å². The SMILES string of the molecule is CC(C)NCCCCN1CCCSCC1. The third-order valence-corrected chi connectivity index (χ3v) is 3.82. The lowest BCUT2D eigenvalue weighted by atomic mass is 10.2. The Labute approximate surface area is 99.2 Å². The van der Waals surface area contributed by atoms with Crippen LogP contribution in [0.15, 0.2) is 0 Å². The first-order chi connectivity index (χ1) is 7.29. The second kappa shape index (κ2) is 8.43. The summed E-state index contributed by atoms with van der Waals surface area (Å²) < 4.78 is 0. The van der Waals surface area contributed by atoms with Gasteiger partial charge in [0.1, 0.15) is 0 Å². The minimum Gasteiger partial charge on any atom is -0.315 e. The second-order valence-electron chi connectivity index (χ2n) is 4.62. The molecule has 0 aromatic heterocycles. The van der Waals surface area contributed by atoms with E-state index in [4.69, 9.17) is 0 Å². The fourth-order valence-corrected chi connectivity index (χ4v) is 2.80. The Bertz CT molecular complexity index is 143. The molecular weight excluding hydrogens is 204 g/mol. The fourth-order valence-electron chi connectivity index (χ4n) is 1.87. The lowest BCUT2D eigenvalue weighted by Gasteiger charge is -2.19. The molecule has 0 spiro atoms. The van der Waals surface area contributed by atoms with Crippen molar-refractivity contribution >= 4 is 11.8 Å². The number of thioether (sulfide) groups is 1. The highest BCUT2D eigenvalue weighted by atomic mass is 32.2. The molecule has 1 aliphatic heterocycles. The summed E-state index contributed by atoms with van der Waals surface area (Å²) in [6.07, 6.45) is 4.06. The van der Waals surface area contributed by atoms with Gasteiger partial charge in [0, 0.05) is 18.3 Å². The fraction of sp³-hybridized carbons (Fsp3) is 1.00. The standard InChI is InChI=1S/C12H26N2S/c1-12(2)13-6-3-4-7-14-8-5-10-15-11-9-14/h12-13H,3-11H2,1-2H3. The van der Waals surface area contributed by atoms with Crippen LogP contribution in [-0.2, 0) is 0 Å². The predicted octanol–water partition coefficient (Wildman–Crippen LogP) is 2.20. The molecule has 0 radical (unpaired) electrons. The number of rotatable bonds is 6. The molecule has 0 saturated carbocycles. The molecule has 1 saturated heterocycles. The highest BCUT2D eigenvalue weighted by Crippen LogP contribution is 2.10. The molecule has 0 aromatic rings. The third kappa shape index (κ3) is 7.20. The van der Waals surface area contributed by atoms with Crippen LogP contribution in [0.5, 0.6) is 0 Å². The monoisotopic (exact) mass is 230 g/mol. The van der Waals surface area contributed by atoms with Gasteiger partial charge in [-0.1, -0.05) is 13.8 Å². The minimum atomic E-state index is 0.639. The Morgan fingerprint density at radius 3 is 2.87 bits per heavy atom. The van der Waals surface area contributed by atoms with Crippen molar-refractivity contribution in [3.8, 4) is 0 Å². The summed E-state index contributed by atoms with van der Waals surface area (Å²) in [5, 5.41) is 3.47. The van der Waals surface area contributed by atoms with Crippen LogP contribution < -0.4 is 5.32 Å². The van der Waals surface area contributed by atoms with Gasteiger partial charge in [0.15, 0.2) is 0 Å². The summed E-state index contributed by atoms with van der Waals surface area (Å²) in [6.45, 7) is 9.55. The maximum atomic E-state index is 3.47. The van der Waals surface area contributed by atoms with Crippen molar-refractivity contribution in [3.63, 3.8) is 0 Å². The molecule has 0 bridgehead atoms. The minimum absolute atomic E-state index is 0.639. The Balaban J connectivity index is 1.94. The van der Waals surface area contributed by atoms with Crippen LogP contribution in [0.3, 0.4) is 0 Å². The summed E-state index contributed by atoms with van der Waals surface area (Å²) >= 11 is 2.11. The molecule has 3 heteroatoms. The molecule has 90 valence electrons. The summed E-state index contributed by atoms with van der Waals surface area (Å²) in [6, 6.07) is 0.639. The lowest BCUT2D eigenvalue weighted by Crippen LogP contribution is -2.28. The molecule has 0 aromatic carbocycles. The van der Waals surface area contributed by atoms with Crippen molar-refractivity contribution in [2.45, 2.75) is 39.2 Å². The van der Waals surface area contributed by atoms with Crippen molar-refractivity contribution in [1.82, 2.24) is 10.2 Å². The van der Waals surface area contributed by atoms with Crippen molar-refractivity contribution in [2.75, 3.05) is 37.7 Å². The van der Waals surface area contributed by atoms with Crippen molar-refractivity contribution in [3.05, 3.63) is 0 Å². The van der Waals surface area contributed by atoms with Gasteiger partial charge in [-0.25, -0.2) is 0 Å². The first-order valence-corrected chi connectivity index (χ1v) is 7.48. The van der Waals surface area contributed by atoms with Gasteiger partial charge < -0.3 is 10.2 Å². The van der Waals surface area contributed by atoms with Gasteiger partial charge in [0.25, 0.3) is 0 Å². The number of hydrogen-bond donors (Lipinski definition) is 1. The van der Waals surface area contributed by atoms with Gasteiger partial charge in [-0.2, -0.15) is 11.8 Å². The number of unbranched alkanes of at least 4 members (excludes halogenated alkanes) is 1. The lowest BCUT2D eigenvalue weighted by molar-refractivity contribution is 0.288. The molecule has 1 fully saturated rings. The molecule has 1 N–H and O–H groups in total. The van der Waals surface area contributed by atoms with Crippen molar-refractivity contribution in [2.24, 2.45) is 0 Å². The van der Waals surface area contributed by atoms with Crippen molar-refractivity contribution < 1.29 is 0 Å². The highest BCUT2D eigenvalue weighted by molar-refractivity contribution is 7.99. The summed E-state index contributed by atoms with van der Waals surface area (Å²) in [7, 11) is 0. The number of nitrogens with zero attached hydrogens (tertiary/aromatic N) is 1. The van der Waals surface area contributed by atoms with E-state index in [0.29, 0.717) is 6.04 Å². The van der Waals surface area contributed by atoms with E-state index in [0.717, 1.165) is 0 Å². The Morgan fingerprint density at radius 1 is 1.20 bits per heavy atom. The third-order valence-electron chi connectivity index (χ3n) is 2.77. The van der Waals surface area contributed by atoms with Crippen LogP contribution in [0.25, 0.3) is 0 Å². The zero-order valence-corrected chi connectivity index (χ0v) is 11.1. The molecule has 0 atom stereocenters. The normalized spacial score (nSPS) is 19.4. The van der Waals surface area contributed by atoms with E-state index >= 15 is 0 Å². The van der Waals surface area contributed by atoms with Gasteiger partial charge in [-0.05, 0) is 44.6 Å². The number of nitrogens with one attached hydrogen (secondary N) is 1. The van der Waals surface area contributed by atoms with Crippen LogP contribution in [0, 0.1) is 0 Å². The zero-order chi connectivity index (χ0) is 10.9. The maximum Gasteiger partial charge on any atom is 0.00723 e. The van der Waals surface area contributed by atoms with Gasteiger partial charge >= 0.3 is 0 Å². The molecule has 2 nitrogen and oxygen atoms in total. The van der Waals surface area contributed by atoms with Gasteiger partial charge in [-0.3, -0.25) is 0 Å². The Hall–Kier alpha value is 0.270. The smallest absolute Gasteiger partial charge is 0.00723 e. The molecule has 0 aliphatic carbocycles. The van der Waals surface area contributed by atoms with E-state index in [9.17, 15) is 0 Å². The quantitative estimate of drug-likeness (QED) is 0.704. The molecule has 15 heavy (non-hydrogen) atoms. The first-order valence-electron chi connectivity index (χ1n) is 6.32. The van der Waals surface area contributed by atoms with Crippen molar-refractivity contribution in [1.29, 1.82) is 0 Å². The van der Waals surface area contributed by atoms with E-state index in [1.165, 1.54) is 56.9 Å². The van der Waals surface area contributed by atoms with E-state index in [1.807, 2.05) is 0 Å². The van der Waals surface area contributed by atoms with Crippen LogP contribution in [-0.4, -0.2) is 48.6 Å². The van der Waals surface area contributed by atoms with Crippen LogP contribution in [0.2, 0.25) is 0 Å². The summed E-state index contributed by atoms with van der Waals surface area (Å²) in [5.74, 6) is 2.70. The predicted molar refractivity (Wildman–Crippen MR) is 70.8 cm³/mol. The van der Waals surface area contributed by atoms with Crippen LogP contribution in [0.1, 0.15) is 33.1 Å². The first kappa shape index (κ1) is 13.3. The van der Waals surface area contributed by atoms with E-state index < -0.39 is 0 Å². The molecular formula is C12H26N2S. The van der Waals surface area contributed by atoms with Gasteiger partial charge in [0.2, 0.25) is 0 Å². The zero-order valence-electron chi connectivity index (χ0n) is 10.3. The average molecular weight is 230 g/mol.